The summed E-state index contributed by atoms with van der Waals surface area (Å²) in [5.74, 6) is 0.237. The summed E-state index contributed by atoms with van der Waals surface area (Å²) in [4.78, 5) is 0.256. The van der Waals surface area contributed by atoms with Crippen molar-refractivity contribution < 1.29 is 17.5 Å². The molecule has 2 aromatic rings. The van der Waals surface area contributed by atoms with Gasteiger partial charge in [0.15, 0.2) is 0 Å². The molecule has 2 rings (SSSR count). The van der Waals surface area contributed by atoms with E-state index in [1.54, 1.807) is 18.2 Å². The van der Waals surface area contributed by atoms with Crippen molar-refractivity contribution in [3.8, 4) is 5.75 Å². The van der Waals surface area contributed by atoms with Crippen molar-refractivity contribution in [1.82, 2.24) is 4.72 Å². The molecule has 0 spiro atoms. The van der Waals surface area contributed by atoms with E-state index >= 15 is 0 Å². The molecule has 0 aliphatic carbocycles. The second-order valence-corrected chi connectivity index (χ2v) is 6.64. The summed E-state index contributed by atoms with van der Waals surface area (Å²) in [6.45, 7) is 2.47. The Labute approximate surface area is 130 Å². The van der Waals surface area contributed by atoms with Gasteiger partial charge in [0.2, 0.25) is 10.0 Å². The second-order valence-electron chi connectivity index (χ2n) is 4.87. The molecule has 0 aromatic heterocycles. The summed E-state index contributed by atoms with van der Waals surface area (Å²) in [7, 11) is -3.49. The average Bonchev–Trinajstić information content (AvgIpc) is 2.49. The topological polar surface area (TPSA) is 55.4 Å². The van der Waals surface area contributed by atoms with Gasteiger partial charge in [-0.3, -0.25) is 0 Å². The van der Waals surface area contributed by atoms with Crippen LogP contribution in [-0.4, -0.2) is 21.6 Å². The van der Waals surface area contributed by atoms with Crippen LogP contribution in [-0.2, 0) is 10.0 Å². The van der Waals surface area contributed by atoms with Gasteiger partial charge in [-0.2, -0.15) is 0 Å². The minimum atomic E-state index is -3.49. The van der Waals surface area contributed by atoms with Crippen molar-refractivity contribution in [2.24, 2.45) is 0 Å². The van der Waals surface area contributed by atoms with E-state index < -0.39 is 10.0 Å². The molecule has 0 saturated heterocycles. The maximum absolute atomic E-state index is 12.7. The van der Waals surface area contributed by atoms with Gasteiger partial charge in [0.1, 0.15) is 11.6 Å². The normalized spacial score (nSPS) is 11.4. The van der Waals surface area contributed by atoms with Crippen LogP contribution in [0.25, 0.3) is 0 Å². The first kappa shape index (κ1) is 16.5. The molecule has 1 N–H and O–H groups in total. The highest BCUT2D eigenvalue weighted by atomic mass is 32.2. The Kier molecular flexibility index (Phi) is 5.51. The Bertz CT molecular complexity index is 714. The summed E-state index contributed by atoms with van der Waals surface area (Å²) in [6.07, 6.45) is 0.516. The average molecular weight is 323 g/mol. The predicted octanol–water partition coefficient (Wildman–Crippen LogP) is 2.88. The lowest BCUT2D eigenvalue weighted by molar-refractivity contribution is 0.311. The minimum absolute atomic E-state index is 0.256. The fraction of sp³-hybridized carbons (Fsp3) is 0.250. The maximum Gasteiger partial charge on any atom is 0.240 e. The van der Waals surface area contributed by atoms with E-state index in [1.165, 1.54) is 24.3 Å². The van der Waals surface area contributed by atoms with Crippen LogP contribution in [0.1, 0.15) is 12.0 Å². The molecule has 118 valence electrons. The molecule has 0 aliphatic rings. The van der Waals surface area contributed by atoms with E-state index in [1.807, 2.05) is 13.0 Å². The number of benzene rings is 2. The van der Waals surface area contributed by atoms with Gasteiger partial charge in [0.05, 0.1) is 11.5 Å². The molecule has 0 aliphatic heterocycles. The lowest BCUT2D eigenvalue weighted by Gasteiger charge is -2.08. The van der Waals surface area contributed by atoms with Crippen molar-refractivity contribution in [2.45, 2.75) is 18.2 Å². The molecule has 0 saturated carbocycles. The Hall–Kier alpha value is -1.92. The van der Waals surface area contributed by atoms with E-state index in [9.17, 15) is 12.8 Å². The van der Waals surface area contributed by atoms with E-state index in [4.69, 9.17) is 4.74 Å². The summed E-state index contributed by atoms with van der Waals surface area (Å²) < 4.78 is 44.8. The van der Waals surface area contributed by atoms with E-state index in [0.717, 1.165) is 5.56 Å². The molecular formula is C16H18FNO3S. The van der Waals surface area contributed by atoms with Crippen LogP contribution in [0.3, 0.4) is 0 Å². The zero-order valence-corrected chi connectivity index (χ0v) is 13.1. The maximum atomic E-state index is 12.7. The van der Waals surface area contributed by atoms with Crippen LogP contribution < -0.4 is 9.46 Å². The molecule has 0 amide bonds. The Morgan fingerprint density at radius 1 is 1.14 bits per heavy atom. The Morgan fingerprint density at radius 3 is 2.55 bits per heavy atom. The fourth-order valence-electron chi connectivity index (χ4n) is 1.87. The number of hydrogen-bond acceptors (Lipinski definition) is 3. The number of halogens is 1. The van der Waals surface area contributed by atoms with E-state index in [-0.39, 0.29) is 17.3 Å². The molecule has 4 nitrogen and oxygen atoms in total. The number of aryl methyl sites for hydroxylation is 1. The zero-order valence-electron chi connectivity index (χ0n) is 12.3. The molecule has 22 heavy (non-hydrogen) atoms. The Balaban J connectivity index is 1.77. The quantitative estimate of drug-likeness (QED) is 0.797. The number of sulfonamides is 1. The molecule has 0 fully saturated rings. The molecule has 0 bridgehead atoms. The van der Waals surface area contributed by atoms with Gasteiger partial charge in [-0.05, 0) is 55.3 Å². The summed E-state index contributed by atoms with van der Waals surface area (Å²) in [6, 6.07) is 12.4. The molecule has 6 heteroatoms. The SMILES string of the molecule is Cc1cccc(S(=O)(=O)NCCCOc2ccc(F)cc2)c1. The zero-order chi connectivity index (χ0) is 16.0. The first-order valence-electron chi connectivity index (χ1n) is 6.92. The van der Waals surface area contributed by atoms with Crippen molar-refractivity contribution in [2.75, 3.05) is 13.2 Å². The van der Waals surface area contributed by atoms with Crippen molar-refractivity contribution in [3.63, 3.8) is 0 Å². The molecule has 0 radical (unpaired) electrons. The van der Waals surface area contributed by atoms with Crippen molar-refractivity contribution >= 4 is 10.0 Å². The number of hydrogen-bond donors (Lipinski definition) is 1. The largest absolute Gasteiger partial charge is 0.494 e. The van der Waals surface area contributed by atoms with Crippen LogP contribution in [0.5, 0.6) is 5.75 Å². The highest BCUT2D eigenvalue weighted by molar-refractivity contribution is 7.89. The number of ether oxygens (including phenoxy) is 1. The summed E-state index contributed by atoms with van der Waals surface area (Å²) in [5, 5.41) is 0. The first-order chi connectivity index (χ1) is 10.5. The van der Waals surface area contributed by atoms with Gasteiger partial charge in [-0.25, -0.2) is 17.5 Å². The first-order valence-corrected chi connectivity index (χ1v) is 8.40. The van der Waals surface area contributed by atoms with Crippen LogP contribution in [0.2, 0.25) is 0 Å². The van der Waals surface area contributed by atoms with Gasteiger partial charge in [-0.15, -0.1) is 0 Å². The third-order valence-electron chi connectivity index (χ3n) is 3.00. The molecule has 0 heterocycles. The predicted molar refractivity (Wildman–Crippen MR) is 82.9 cm³/mol. The monoisotopic (exact) mass is 323 g/mol. The summed E-state index contributed by atoms with van der Waals surface area (Å²) in [5.41, 5.74) is 0.891. The van der Waals surface area contributed by atoms with E-state index in [0.29, 0.717) is 18.8 Å². The van der Waals surface area contributed by atoms with Crippen molar-refractivity contribution in [3.05, 3.63) is 59.9 Å². The van der Waals surface area contributed by atoms with Gasteiger partial charge >= 0.3 is 0 Å². The molecular weight excluding hydrogens is 305 g/mol. The second kappa shape index (κ2) is 7.38. The third-order valence-corrected chi connectivity index (χ3v) is 4.45. The fourth-order valence-corrected chi connectivity index (χ4v) is 3.04. The molecule has 0 unspecified atom stereocenters. The molecule has 0 atom stereocenters. The third kappa shape index (κ3) is 4.82. The van der Waals surface area contributed by atoms with Crippen LogP contribution in [0.4, 0.5) is 4.39 Å². The highest BCUT2D eigenvalue weighted by Crippen LogP contribution is 2.12. The van der Waals surface area contributed by atoms with Crippen molar-refractivity contribution in [1.29, 1.82) is 0 Å². The molecule has 2 aromatic carbocycles. The van der Waals surface area contributed by atoms with Crippen LogP contribution >= 0.6 is 0 Å². The minimum Gasteiger partial charge on any atom is -0.494 e. The van der Waals surface area contributed by atoms with Crippen LogP contribution in [0.15, 0.2) is 53.4 Å². The van der Waals surface area contributed by atoms with Crippen LogP contribution in [0, 0.1) is 12.7 Å². The lowest BCUT2D eigenvalue weighted by atomic mass is 10.2. The smallest absolute Gasteiger partial charge is 0.240 e. The Morgan fingerprint density at radius 2 is 1.86 bits per heavy atom. The lowest BCUT2D eigenvalue weighted by Crippen LogP contribution is -2.25. The van der Waals surface area contributed by atoms with E-state index in [2.05, 4.69) is 4.72 Å². The number of rotatable bonds is 7. The summed E-state index contributed by atoms with van der Waals surface area (Å²) >= 11 is 0. The standard InChI is InChI=1S/C16H18FNO3S/c1-13-4-2-5-16(12-13)22(19,20)18-10-3-11-21-15-8-6-14(17)7-9-15/h2,4-9,12,18H,3,10-11H2,1H3. The van der Waals surface area contributed by atoms with Gasteiger partial charge in [0, 0.05) is 6.54 Å². The number of nitrogens with one attached hydrogen (secondary N) is 1. The highest BCUT2D eigenvalue weighted by Gasteiger charge is 2.12. The van der Waals surface area contributed by atoms with Gasteiger partial charge in [0.25, 0.3) is 0 Å². The van der Waals surface area contributed by atoms with Gasteiger partial charge < -0.3 is 4.74 Å². The van der Waals surface area contributed by atoms with Gasteiger partial charge in [-0.1, -0.05) is 12.1 Å².